The highest BCUT2D eigenvalue weighted by Gasteiger charge is 2.32. The molecule has 116 valence electrons. The van der Waals surface area contributed by atoms with E-state index < -0.39 is 35.2 Å². The van der Waals surface area contributed by atoms with E-state index in [9.17, 15) is 22.8 Å². The summed E-state index contributed by atoms with van der Waals surface area (Å²) >= 11 is 0. The third kappa shape index (κ3) is 4.35. The Morgan fingerprint density at radius 3 is 2.48 bits per heavy atom. The molecular weight excluding hydrogens is 293 g/mol. The summed E-state index contributed by atoms with van der Waals surface area (Å²) in [5, 5.41) is 11.4. The smallest absolute Gasteiger partial charge is 0.416 e. The number of rotatable bonds is 6. The van der Waals surface area contributed by atoms with Crippen LogP contribution in [0.25, 0.3) is 0 Å². The molecule has 4 N–H and O–H groups in total. The summed E-state index contributed by atoms with van der Waals surface area (Å²) in [6.45, 7) is -0.242. The summed E-state index contributed by atoms with van der Waals surface area (Å²) in [5.74, 6) is -2.39. The minimum absolute atomic E-state index is 0.111. The van der Waals surface area contributed by atoms with Crippen LogP contribution in [0.5, 0.6) is 0 Å². The maximum absolute atomic E-state index is 12.6. The lowest BCUT2D eigenvalue weighted by Crippen LogP contribution is -2.34. The number of hydrogen-bond acceptors (Lipinski definition) is 4. The highest BCUT2D eigenvalue weighted by Crippen LogP contribution is 2.31. The van der Waals surface area contributed by atoms with Crippen LogP contribution in [0.1, 0.15) is 15.9 Å². The van der Waals surface area contributed by atoms with E-state index in [1.165, 1.54) is 7.11 Å². The zero-order valence-electron chi connectivity index (χ0n) is 10.9. The van der Waals surface area contributed by atoms with E-state index in [1.807, 2.05) is 0 Å². The summed E-state index contributed by atoms with van der Waals surface area (Å²) in [7, 11) is 1.26. The van der Waals surface area contributed by atoms with E-state index in [0.29, 0.717) is 6.07 Å². The molecule has 1 rings (SSSR count). The van der Waals surface area contributed by atoms with Crippen LogP contribution in [0.3, 0.4) is 0 Å². The highest BCUT2D eigenvalue weighted by atomic mass is 19.4. The molecular formula is C12H13F3N2O4. The normalized spacial score (nSPS) is 12.8. The van der Waals surface area contributed by atoms with Crippen LogP contribution < -0.4 is 11.1 Å². The fourth-order valence-corrected chi connectivity index (χ4v) is 1.58. The summed E-state index contributed by atoms with van der Waals surface area (Å²) in [6, 6.07) is 1.01. The molecule has 0 aliphatic rings. The molecule has 1 atom stereocenters. The predicted octanol–water partition coefficient (Wildman–Crippen LogP) is 1.32. The van der Waals surface area contributed by atoms with Gasteiger partial charge >= 0.3 is 12.1 Å². The van der Waals surface area contributed by atoms with Gasteiger partial charge in [0, 0.05) is 12.8 Å². The number of halogens is 3. The Balaban J connectivity index is 3.18. The van der Waals surface area contributed by atoms with Crippen molar-refractivity contribution >= 4 is 17.6 Å². The first-order chi connectivity index (χ1) is 9.66. The molecule has 0 bridgehead atoms. The van der Waals surface area contributed by atoms with Crippen molar-refractivity contribution in [3.8, 4) is 0 Å². The van der Waals surface area contributed by atoms with Crippen molar-refractivity contribution < 1.29 is 32.6 Å². The second-order valence-electron chi connectivity index (χ2n) is 4.11. The monoisotopic (exact) mass is 306 g/mol. The third-order valence-corrected chi connectivity index (χ3v) is 2.57. The fraction of sp³-hybridized carbons (Fsp3) is 0.333. The second-order valence-corrected chi connectivity index (χ2v) is 4.11. The maximum atomic E-state index is 12.6. The molecule has 0 saturated heterocycles. The molecule has 0 spiro atoms. The maximum Gasteiger partial charge on any atom is 0.416 e. The van der Waals surface area contributed by atoms with E-state index in [2.05, 4.69) is 10.1 Å². The molecule has 0 aliphatic carbocycles. The number of amides is 1. The van der Waals surface area contributed by atoms with Crippen molar-refractivity contribution in [1.82, 2.24) is 0 Å². The SMILES string of the molecule is COCC(Nc1ccc(C(F)(F)F)cc1C(N)=O)C(=O)O. The number of nitrogens with two attached hydrogens (primary N) is 1. The number of carboxylic acids is 1. The number of aliphatic carboxylic acids is 1. The largest absolute Gasteiger partial charge is 0.480 e. The average Bonchev–Trinajstić information content (AvgIpc) is 2.36. The molecule has 1 amide bonds. The number of hydrogen-bond donors (Lipinski definition) is 3. The lowest BCUT2D eigenvalue weighted by Gasteiger charge is -2.18. The summed E-state index contributed by atoms with van der Waals surface area (Å²) in [4.78, 5) is 22.2. The van der Waals surface area contributed by atoms with Gasteiger partial charge in [0.1, 0.15) is 6.04 Å². The lowest BCUT2D eigenvalue weighted by atomic mass is 10.1. The Hall–Kier alpha value is -2.29. The van der Waals surface area contributed by atoms with Crippen molar-refractivity contribution in [2.45, 2.75) is 12.2 Å². The number of ether oxygens (including phenoxy) is 1. The van der Waals surface area contributed by atoms with Gasteiger partial charge in [0.25, 0.3) is 5.91 Å². The summed E-state index contributed by atoms with van der Waals surface area (Å²) < 4.78 is 42.4. The number of benzene rings is 1. The first-order valence-corrected chi connectivity index (χ1v) is 5.66. The van der Waals surface area contributed by atoms with Crippen molar-refractivity contribution in [3.63, 3.8) is 0 Å². The van der Waals surface area contributed by atoms with Crippen molar-refractivity contribution in [3.05, 3.63) is 29.3 Å². The number of anilines is 1. The standard InChI is InChI=1S/C12H13F3N2O4/c1-21-5-9(11(19)20)17-8-3-2-6(12(13,14)15)4-7(8)10(16)18/h2-4,9,17H,5H2,1H3,(H2,16,18)(H,19,20). The summed E-state index contributed by atoms with van der Waals surface area (Å²) in [6.07, 6.45) is -4.64. The molecule has 0 fully saturated rings. The minimum Gasteiger partial charge on any atom is -0.480 e. The van der Waals surface area contributed by atoms with Gasteiger partial charge in [0.05, 0.1) is 17.7 Å². The van der Waals surface area contributed by atoms with Gasteiger partial charge in [0.15, 0.2) is 0 Å². The summed E-state index contributed by atoms with van der Waals surface area (Å²) in [5.41, 5.74) is 3.41. The lowest BCUT2D eigenvalue weighted by molar-refractivity contribution is -0.139. The molecule has 6 nitrogen and oxygen atoms in total. The van der Waals surface area contributed by atoms with Gasteiger partial charge in [-0.15, -0.1) is 0 Å². The molecule has 0 aliphatic heterocycles. The van der Waals surface area contributed by atoms with E-state index in [1.54, 1.807) is 0 Å². The number of carbonyl (C=O) groups is 2. The zero-order chi connectivity index (χ0) is 16.2. The van der Waals surface area contributed by atoms with E-state index in [0.717, 1.165) is 12.1 Å². The van der Waals surface area contributed by atoms with E-state index in [4.69, 9.17) is 10.8 Å². The Kier molecular flexibility index (Phi) is 5.14. The van der Waals surface area contributed by atoms with E-state index >= 15 is 0 Å². The van der Waals surface area contributed by atoms with Crippen LogP contribution in [-0.4, -0.2) is 36.7 Å². The number of carboxylic acid groups (broad SMARTS) is 1. The van der Waals surface area contributed by atoms with E-state index in [-0.39, 0.29) is 12.3 Å². The number of carbonyl (C=O) groups excluding carboxylic acids is 1. The molecule has 0 heterocycles. The first-order valence-electron chi connectivity index (χ1n) is 5.66. The molecule has 9 heteroatoms. The minimum atomic E-state index is -4.64. The Morgan fingerprint density at radius 1 is 1.43 bits per heavy atom. The van der Waals surface area contributed by atoms with Gasteiger partial charge < -0.3 is 20.9 Å². The van der Waals surface area contributed by atoms with Gasteiger partial charge in [-0.25, -0.2) is 4.79 Å². The van der Waals surface area contributed by atoms with Crippen molar-refractivity contribution in [2.75, 3.05) is 19.0 Å². The molecule has 1 aromatic rings. The molecule has 1 unspecified atom stereocenters. The molecule has 1 aromatic carbocycles. The highest BCUT2D eigenvalue weighted by molar-refractivity contribution is 5.99. The van der Waals surface area contributed by atoms with Gasteiger partial charge in [-0.1, -0.05) is 0 Å². The topological polar surface area (TPSA) is 102 Å². The molecule has 0 radical (unpaired) electrons. The van der Waals surface area contributed by atoms with Crippen LogP contribution in [-0.2, 0) is 15.7 Å². The van der Waals surface area contributed by atoms with Crippen LogP contribution in [0.2, 0.25) is 0 Å². The van der Waals surface area contributed by atoms with Crippen LogP contribution >= 0.6 is 0 Å². The van der Waals surface area contributed by atoms with Crippen LogP contribution in [0.15, 0.2) is 18.2 Å². The van der Waals surface area contributed by atoms with Crippen molar-refractivity contribution in [2.24, 2.45) is 5.73 Å². The fourth-order valence-electron chi connectivity index (χ4n) is 1.58. The Labute approximate surface area is 117 Å². The second kappa shape index (κ2) is 6.44. The van der Waals surface area contributed by atoms with Crippen LogP contribution in [0.4, 0.5) is 18.9 Å². The predicted molar refractivity (Wildman–Crippen MR) is 66.9 cm³/mol. The van der Waals surface area contributed by atoms with Gasteiger partial charge in [-0.2, -0.15) is 13.2 Å². The molecule has 0 aromatic heterocycles. The Bertz CT molecular complexity index is 546. The number of alkyl halides is 3. The number of methoxy groups -OCH3 is 1. The number of primary amides is 1. The van der Waals surface area contributed by atoms with Gasteiger partial charge in [-0.05, 0) is 18.2 Å². The van der Waals surface area contributed by atoms with Gasteiger partial charge in [-0.3, -0.25) is 4.79 Å². The zero-order valence-corrected chi connectivity index (χ0v) is 10.9. The third-order valence-electron chi connectivity index (χ3n) is 2.57. The number of nitrogens with one attached hydrogen (secondary N) is 1. The Morgan fingerprint density at radius 2 is 2.05 bits per heavy atom. The first kappa shape index (κ1) is 16.8. The quantitative estimate of drug-likeness (QED) is 0.735. The molecule has 0 saturated carbocycles. The van der Waals surface area contributed by atoms with Crippen LogP contribution in [0, 0.1) is 0 Å². The van der Waals surface area contributed by atoms with Gasteiger partial charge in [0.2, 0.25) is 0 Å². The average molecular weight is 306 g/mol. The molecule has 21 heavy (non-hydrogen) atoms. The van der Waals surface area contributed by atoms with Crippen molar-refractivity contribution in [1.29, 1.82) is 0 Å².